The van der Waals surface area contributed by atoms with Gasteiger partial charge in [-0.05, 0) is 60.9 Å². The van der Waals surface area contributed by atoms with E-state index < -0.39 is 0 Å². The van der Waals surface area contributed by atoms with Gasteiger partial charge in [-0.1, -0.05) is 35.9 Å². The molecule has 2 aromatic carbocycles. The predicted octanol–water partition coefficient (Wildman–Crippen LogP) is 6.13. The molecule has 0 bridgehead atoms. The Morgan fingerprint density at radius 1 is 0.966 bits per heavy atom. The summed E-state index contributed by atoms with van der Waals surface area (Å²) in [6, 6.07) is 16.6. The van der Waals surface area contributed by atoms with E-state index in [-0.39, 0.29) is 5.82 Å². The first-order chi connectivity index (χ1) is 13.9. The monoisotopic (exact) mass is 407 g/mol. The van der Waals surface area contributed by atoms with Gasteiger partial charge in [0, 0.05) is 42.4 Å². The van der Waals surface area contributed by atoms with Crippen molar-refractivity contribution in [3.05, 3.63) is 94.0 Å². The highest BCUT2D eigenvalue weighted by Gasteiger charge is 2.18. The molecule has 29 heavy (non-hydrogen) atoms. The number of aryl methyl sites for hydroxylation is 1. The summed E-state index contributed by atoms with van der Waals surface area (Å²) in [5.74, 6) is 0.691. The van der Waals surface area contributed by atoms with Gasteiger partial charge in [-0.15, -0.1) is 0 Å². The molecule has 0 aliphatic rings. The predicted molar refractivity (Wildman–Crippen MR) is 118 cm³/mol. The van der Waals surface area contributed by atoms with Gasteiger partial charge >= 0.3 is 0 Å². The van der Waals surface area contributed by atoms with Crippen LogP contribution in [-0.2, 0) is 13.1 Å². The van der Waals surface area contributed by atoms with Gasteiger partial charge in [-0.25, -0.2) is 9.37 Å². The number of benzene rings is 2. The fourth-order valence-electron chi connectivity index (χ4n) is 3.76. The van der Waals surface area contributed by atoms with Crippen molar-refractivity contribution in [2.75, 3.05) is 11.9 Å². The van der Waals surface area contributed by atoms with Crippen LogP contribution in [0.5, 0.6) is 0 Å². The van der Waals surface area contributed by atoms with Gasteiger partial charge in [0.15, 0.2) is 5.82 Å². The number of hydrogen-bond acceptors (Lipinski definition) is 2. The van der Waals surface area contributed by atoms with Crippen LogP contribution in [0.1, 0.15) is 22.4 Å². The van der Waals surface area contributed by atoms with Crippen molar-refractivity contribution in [2.45, 2.75) is 26.9 Å². The number of anilines is 1. The molecule has 0 radical (unpaired) electrons. The Kier molecular flexibility index (Phi) is 5.29. The number of halogens is 2. The van der Waals surface area contributed by atoms with E-state index in [0.717, 1.165) is 28.5 Å². The van der Waals surface area contributed by atoms with Gasteiger partial charge in [0.25, 0.3) is 0 Å². The van der Waals surface area contributed by atoms with E-state index in [1.807, 2.05) is 37.5 Å². The standard InChI is InChI=1S/C24H23ClFN3/c1-16-17(2)29(15-19-4-8-20(25)9-5-19)23-22(16)12-13-27-24(23)28(3)14-18-6-10-21(26)11-7-18/h4-13H,14-15H2,1-3H3. The number of fused-ring (bicyclic) bond motifs is 1. The molecule has 0 saturated heterocycles. The van der Waals surface area contributed by atoms with Crippen molar-refractivity contribution in [1.29, 1.82) is 0 Å². The Morgan fingerprint density at radius 3 is 2.31 bits per heavy atom. The molecule has 0 aliphatic heterocycles. The van der Waals surface area contributed by atoms with E-state index in [4.69, 9.17) is 16.6 Å². The molecule has 0 spiro atoms. The zero-order valence-electron chi connectivity index (χ0n) is 16.8. The summed E-state index contributed by atoms with van der Waals surface area (Å²) in [5, 5.41) is 1.94. The first kappa shape index (κ1) is 19.5. The van der Waals surface area contributed by atoms with E-state index in [1.54, 1.807) is 0 Å². The smallest absolute Gasteiger partial charge is 0.153 e. The highest BCUT2D eigenvalue weighted by Crippen LogP contribution is 2.32. The minimum atomic E-state index is -0.222. The molecule has 4 aromatic rings. The second kappa shape index (κ2) is 7.88. The fourth-order valence-corrected chi connectivity index (χ4v) is 3.89. The maximum absolute atomic E-state index is 13.2. The van der Waals surface area contributed by atoms with Crippen molar-refractivity contribution in [1.82, 2.24) is 9.55 Å². The minimum absolute atomic E-state index is 0.222. The lowest BCUT2D eigenvalue weighted by Crippen LogP contribution is -2.19. The molecule has 4 rings (SSSR count). The Bertz CT molecular complexity index is 1150. The summed E-state index contributed by atoms with van der Waals surface area (Å²) in [6.45, 7) is 5.70. The third-order valence-corrected chi connectivity index (χ3v) is 5.73. The van der Waals surface area contributed by atoms with Gasteiger partial charge in [-0.3, -0.25) is 0 Å². The van der Waals surface area contributed by atoms with Crippen LogP contribution in [0, 0.1) is 19.7 Å². The quantitative estimate of drug-likeness (QED) is 0.396. The Labute approximate surface area is 175 Å². The normalized spacial score (nSPS) is 11.2. The zero-order valence-corrected chi connectivity index (χ0v) is 17.5. The topological polar surface area (TPSA) is 21.1 Å². The second-order valence-corrected chi connectivity index (χ2v) is 7.87. The third kappa shape index (κ3) is 3.85. The number of aromatic nitrogens is 2. The largest absolute Gasteiger partial charge is 0.354 e. The third-order valence-electron chi connectivity index (χ3n) is 5.47. The van der Waals surface area contributed by atoms with Crippen LogP contribution in [0.2, 0.25) is 5.02 Å². The molecule has 0 aliphatic carbocycles. The van der Waals surface area contributed by atoms with Crippen LogP contribution in [0.25, 0.3) is 10.9 Å². The van der Waals surface area contributed by atoms with Crippen molar-refractivity contribution >= 4 is 28.3 Å². The molecule has 0 unspecified atom stereocenters. The molecule has 3 nitrogen and oxygen atoms in total. The zero-order chi connectivity index (χ0) is 20.5. The van der Waals surface area contributed by atoms with Crippen LogP contribution < -0.4 is 4.90 Å². The molecule has 0 fully saturated rings. The van der Waals surface area contributed by atoms with E-state index in [9.17, 15) is 4.39 Å². The SMILES string of the molecule is Cc1c(C)n(Cc2ccc(Cl)cc2)c2c(N(C)Cc3ccc(F)cc3)nccc12. The average Bonchev–Trinajstić information content (AvgIpc) is 2.96. The number of pyridine rings is 1. The lowest BCUT2D eigenvalue weighted by Gasteiger charge is -2.21. The summed E-state index contributed by atoms with van der Waals surface area (Å²) in [6.07, 6.45) is 1.86. The molecular formula is C24H23ClFN3. The molecule has 148 valence electrons. The highest BCUT2D eigenvalue weighted by atomic mass is 35.5. The van der Waals surface area contributed by atoms with E-state index in [1.165, 1.54) is 34.3 Å². The Morgan fingerprint density at radius 2 is 1.62 bits per heavy atom. The van der Waals surface area contributed by atoms with Gasteiger partial charge in [0.1, 0.15) is 5.82 Å². The second-order valence-electron chi connectivity index (χ2n) is 7.44. The first-order valence-corrected chi connectivity index (χ1v) is 9.96. The summed E-state index contributed by atoms with van der Waals surface area (Å²) >= 11 is 6.05. The average molecular weight is 408 g/mol. The first-order valence-electron chi connectivity index (χ1n) is 9.58. The summed E-state index contributed by atoms with van der Waals surface area (Å²) < 4.78 is 15.6. The van der Waals surface area contributed by atoms with Crippen LogP contribution in [-0.4, -0.2) is 16.6 Å². The van der Waals surface area contributed by atoms with Crippen molar-refractivity contribution < 1.29 is 4.39 Å². The van der Waals surface area contributed by atoms with Gasteiger partial charge < -0.3 is 9.47 Å². The maximum atomic E-state index is 13.2. The molecule has 0 saturated carbocycles. The van der Waals surface area contributed by atoms with Crippen molar-refractivity contribution in [3.8, 4) is 0 Å². The maximum Gasteiger partial charge on any atom is 0.153 e. The van der Waals surface area contributed by atoms with E-state index in [0.29, 0.717) is 6.54 Å². The summed E-state index contributed by atoms with van der Waals surface area (Å²) in [5.41, 5.74) is 5.82. The van der Waals surface area contributed by atoms with Gasteiger partial charge in [-0.2, -0.15) is 0 Å². The van der Waals surface area contributed by atoms with Crippen LogP contribution in [0.15, 0.2) is 60.8 Å². The van der Waals surface area contributed by atoms with Crippen LogP contribution in [0.3, 0.4) is 0 Å². The van der Waals surface area contributed by atoms with Gasteiger partial charge in [0.05, 0.1) is 5.52 Å². The molecule has 0 amide bonds. The summed E-state index contributed by atoms with van der Waals surface area (Å²) in [4.78, 5) is 6.82. The molecular weight excluding hydrogens is 385 g/mol. The molecule has 5 heteroatoms. The molecule has 2 heterocycles. The lowest BCUT2D eigenvalue weighted by atomic mass is 10.2. The molecule has 0 N–H and O–H groups in total. The minimum Gasteiger partial charge on any atom is -0.354 e. The highest BCUT2D eigenvalue weighted by molar-refractivity contribution is 6.30. The van der Waals surface area contributed by atoms with E-state index in [2.05, 4.69) is 41.5 Å². The lowest BCUT2D eigenvalue weighted by molar-refractivity contribution is 0.627. The fraction of sp³-hybridized carbons (Fsp3) is 0.208. The summed E-state index contributed by atoms with van der Waals surface area (Å²) in [7, 11) is 2.02. The number of hydrogen-bond donors (Lipinski definition) is 0. The number of nitrogens with zero attached hydrogens (tertiary/aromatic N) is 3. The van der Waals surface area contributed by atoms with Crippen LogP contribution >= 0.6 is 11.6 Å². The Hall–Kier alpha value is -2.85. The number of rotatable bonds is 5. The Balaban J connectivity index is 1.77. The van der Waals surface area contributed by atoms with E-state index >= 15 is 0 Å². The van der Waals surface area contributed by atoms with Crippen LogP contribution in [0.4, 0.5) is 10.2 Å². The molecule has 0 atom stereocenters. The van der Waals surface area contributed by atoms with Gasteiger partial charge in [0.2, 0.25) is 0 Å². The van der Waals surface area contributed by atoms with Crippen molar-refractivity contribution in [3.63, 3.8) is 0 Å². The van der Waals surface area contributed by atoms with Crippen molar-refractivity contribution in [2.24, 2.45) is 0 Å². The molecule has 2 aromatic heterocycles.